The third-order valence-electron chi connectivity index (χ3n) is 7.06. The Morgan fingerprint density at radius 1 is 1.03 bits per heavy atom. The van der Waals surface area contributed by atoms with Gasteiger partial charge in [0.1, 0.15) is 0 Å². The molecule has 1 aliphatic rings. The van der Waals surface area contributed by atoms with Crippen molar-refractivity contribution in [3.05, 3.63) is 59.7 Å². The van der Waals surface area contributed by atoms with Crippen molar-refractivity contribution in [3.63, 3.8) is 0 Å². The van der Waals surface area contributed by atoms with Crippen molar-refractivity contribution in [2.75, 3.05) is 31.1 Å². The number of pyridine rings is 1. The minimum absolute atomic E-state index is 0.0561. The predicted molar refractivity (Wildman–Crippen MR) is 140 cm³/mol. The van der Waals surface area contributed by atoms with E-state index in [1.807, 2.05) is 6.07 Å². The zero-order valence-corrected chi connectivity index (χ0v) is 21.1. The number of aromatic amines is 1. The van der Waals surface area contributed by atoms with Crippen LogP contribution in [0.15, 0.2) is 48.5 Å². The molecule has 9 heteroatoms. The first-order valence-electron chi connectivity index (χ1n) is 12.3. The van der Waals surface area contributed by atoms with Gasteiger partial charge in [-0.3, -0.25) is 9.69 Å². The fourth-order valence-corrected chi connectivity index (χ4v) is 5.07. The van der Waals surface area contributed by atoms with Crippen LogP contribution in [0, 0.1) is 0 Å². The van der Waals surface area contributed by atoms with Crippen LogP contribution in [0.5, 0.6) is 0 Å². The Morgan fingerprint density at radius 2 is 1.76 bits per heavy atom. The summed E-state index contributed by atoms with van der Waals surface area (Å²) in [5.74, 6) is -0.529. The summed E-state index contributed by atoms with van der Waals surface area (Å²) in [6.07, 6.45) is -4.52. The number of amides is 1. The summed E-state index contributed by atoms with van der Waals surface area (Å²) in [6, 6.07) is 12.8. The Hall–Kier alpha value is -3.59. The second kappa shape index (κ2) is 9.06. The Balaban J connectivity index is 1.56. The van der Waals surface area contributed by atoms with Gasteiger partial charge in [0, 0.05) is 48.4 Å². The van der Waals surface area contributed by atoms with Crippen molar-refractivity contribution >= 4 is 33.5 Å². The predicted octanol–water partition coefficient (Wildman–Crippen LogP) is 5.35. The van der Waals surface area contributed by atoms with Gasteiger partial charge in [-0.1, -0.05) is 12.1 Å². The highest BCUT2D eigenvalue weighted by Gasteiger charge is 2.31. The highest BCUT2D eigenvalue weighted by molar-refractivity contribution is 6.08. The van der Waals surface area contributed by atoms with E-state index in [1.165, 1.54) is 6.07 Å². The molecule has 2 aromatic carbocycles. The molecule has 0 radical (unpaired) electrons. The largest absolute Gasteiger partial charge is 0.416 e. The molecule has 194 valence electrons. The highest BCUT2D eigenvalue weighted by Crippen LogP contribution is 2.35. The van der Waals surface area contributed by atoms with E-state index in [2.05, 4.69) is 47.7 Å². The zero-order chi connectivity index (χ0) is 26.5. The van der Waals surface area contributed by atoms with Crippen LogP contribution in [-0.2, 0) is 17.4 Å². The minimum atomic E-state index is -4.47. The summed E-state index contributed by atoms with van der Waals surface area (Å²) in [5, 5.41) is 0.839. The lowest BCUT2D eigenvalue weighted by Gasteiger charge is -2.43. The molecule has 0 bridgehead atoms. The van der Waals surface area contributed by atoms with E-state index < -0.39 is 17.6 Å². The zero-order valence-electron chi connectivity index (χ0n) is 21.1. The normalized spacial score (nSPS) is 15.6. The number of H-pyrrole nitrogens is 1. The molecule has 6 nitrogen and oxygen atoms in total. The number of rotatable bonds is 4. The van der Waals surface area contributed by atoms with Crippen molar-refractivity contribution in [2.24, 2.45) is 5.73 Å². The Kier molecular flexibility index (Phi) is 6.14. The maximum Gasteiger partial charge on any atom is 0.416 e. The third kappa shape index (κ3) is 5.00. The number of halogens is 3. The maximum absolute atomic E-state index is 13.3. The third-order valence-corrected chi connectivity index (χ3v) is 7.06. The Morgan fingerprint density at radius 3 is 2.41 bits per heavy atom. The molecule has 1 fully saturated rings. The van der Waals surface area contributed by atoms with Gasteiger partial charge in [-0.15, -0.1) is 0 Å². The Labute approximate surface area is 213 Å². The summed E-state index contributed by atoms with van der Waals surface area (Å²) in [5.41, 5.74) is 9.38. The van der Waals surface area contributed by atoms with Gasteiger partial charge < -0.3 is 15.6 Å². The average Bonchev–Trinajstić information content (AvgIpc) is 3.21. The summed E-state index contributed by atoms with van der Waals surface area (Å²) in [7, 11) is 0. The molecule has 4 aromatic rings. The first-order chi connectivity index (χ1) is 17.4. The van der Waals surface area contributed by atoms with Crippen molar-refractivity contribution < 1.29 is 18.0 Å². The van der Waals surface area contributed by atoms with E-state index in [0.29, 0.717) is 27.9 Å². The van der Waals surface area contributed by atoms with Gasteiger partial charge >= 0.3 is 6.18 Å². The lowest BCUT2D eigenvalue weighted by Crippen LogP contribution is -2.53. The number of anilines is 1. The number of fused-ring (bicyclic) bond motifs is 3. The fraction of sp³-hybridized carbons (Fsp3) is 0.357. The molecule has 1 saturated heterocycles. The van der Waals surface area contributed by atoms with Crippen LogP contribution in [0.25, 0.3) is 33.2 Å². The van der Waals surface area contributed by atoms with E-state index in [4.69, 9.17) is 10.7 Å². The van der Waals surface area contributed by atoms with E-state index in [9.17, 15) is 18.0 Å². The minimum Gasteiger partial charge on any atom is -0.369 e. The maximum atomic E-state index is 13.3. The van der Waals surface area contributed by atoms with Crippen molar-refractivity contribution in [1.29, 1.82) is 0 Å². The fourth-order valence-electron chi connectivity index (χ4n) is 5.07. The SMILES string of the molecule is CC(C)(C)N1CCN(c2ccc3c(c2)[nH]c2c(CC(N)=O)cc(-c4cccc(C(F)(F)F)c4)nc23)CC1. The van der Waals surface area contributed by atoms with Gasteiger partial charge in [0.05, 0.1) is 34.2 Å². The molecule has 37 heavy (non-hydrogen) atoms. The van der Waals surface area contributed by atoms with Crippen LogP contribution in [0.3, 0.4) is 0 Å². The van der Waals surface area contributed by atoms with E-state index in [1.54, 1.807) is 12.1 Å². The number of hydrogen-bond acceptors (Lipinski definition) is 4. The quantitative estimate of drug-likeness (QED) is 0.389. The van der Waals surface area contributed by atoms with Crippen molar-refractivity contribution in [3.8, 4) is 11.3 Å². The van der Waals surface area contributed by atoms with Gasteiger partial charge in [-0.05, 0) is 62.7 Å². The molecule has 5 rings (SSSR count). The Bertz CT molecular complexity index is 1480. The number of hydrogen-bond donors (Lipinski definition) is 2. The number of carbonyl (C=O) groups is 1. The van der Waals surface area contributed by atoms with Gasteiger partial charge in [-0.25, -0.2) is 4.98 Å². The van der Waals surface area contributed by atoms with E-state index in [0.717, 1.165) is 54.9 Å². The molecule has 0 atom stereocenters. The lowest BCUT2D eigenvalue weighted by atomic mass is 10.0. The van der Waals surface area contributed by atoms with Crippen molar-refractivity contribution in [2.45, 2.75) is 38.9 Å². The number of piperazine rings is 1. The molecular formula is C28H30F3N5O. The number of nitrogens with one attached hydrogen (secondary N) is 1. The molecule has 0 aliphatic carbocycles. The first kappa shape index (κ1) is 25.1. The number of nitrogens with zero attached hydrogens (tertiary/aromatic N) is 3. The van der Waals surface area contributed by atoms with Crippen LogP contribution >= 0.6 is 0 Å². The number of carbonyl (C=O) groups excluding carboxylic acids is 1. The molecule has 1 aliphatic heterocycles. The molecular weight excluding hydrogens is 479 g/mol. The van der Waals surface area contributed by atoms with Gasteiger partial charge in [0.25, 0.3) is 0 Å². The second-order valence-corrected chi connectivity index (χ2v) is 10.6. The van der Waals surface area contributed by atoms with Crippen molar-refractivity contribution in [1.82, 2.24) is 14.9 Å². The van der Waals surface area contributed by atoms with Crippen LogP contribution in [0.4, 0.5) is 18.9 Å². The molecule has 0 unspecified atom stereocenters. The van der Waals surface area contributed by atoms with Gasteiger partial charge in [0.15, 0.2) is 0 Å². The standard InChI is InChI=1S/C28H30F3N5O/c1-27(2,3)36-11-9-35(10-12-36)20-7-8-21-23(16-20)34-25-18(15-24(32)37)14-22(33-26(21)25)17-5-4-6-19(13-17)28(29,30)31/h4-8,13-14,16,34H,9-12,15H2,1-3H3,(H2,32,37). The number of aromatic nitrogens is 2. The number of primary amides is 1. The van der Waals surface area contributed by atoms with Gasteiger partial charge in [-0.2, -0.15) is 13.2 Å². The molecule has 1 amide bonds. The number of nitrogens with two attached hydrogens (primary N) is 1. The van der Waals surface area contributed by atoms with Crippen LogP contribution < -0.4 is 10.6 Å². The average molecular weight is 510 g/mol. The van der Waals surface area contributed by atoms with Gasteiger partial charge in [0.2, 0.25) is 5.91 Å². The number of alkyl halides is 3. The van der Waals surface area contributed by atoms with E-state index >= 15 is 0 Å². The smallest absolute Gasteiger partial charge is 0.369 e. The first-order valence-corrected chi connectivity index (χ1v) is 12.3. The van der Waals surface area contributed by atoms with Crippen LogP contribution in [0.2, 0.25) is 0 Å². The molecule has 0 spiro atoms. The molecule has 3 heterocycles. The summed E-state index contributed by atoms with van der Waals surface area (Å²) < 4.78 is 40.0. The topological polar surface area (TPSA) is 78.2 Å². The number of benzene rings is 2. The molecule has 0 saturated carbocycles. The lowest BCUT2D eigenvalue weighted by molar-refractivity contribution is -0.137. The molecule has 3 N–H and O–H groups in total. The highest BCUT2D eigenvalue weighted by atomic mass is 19.4. The summed E-state index contributed by atoms with van der Waals surface area (Å²) in [4.78, 5) is 24.8. The summed E-state index contributed by atoms with van der Waals surface area (Å²) >= 11 is 0. The van der Waals surface area contributed by atoms with Crippen LogP contribution in [0.1, 0.15) is 31.9 Å². The monoisotopic (exact) mass is 509 g/mol. The second-order valence-electron chi connectivity index (χ2n) is 10.6. The molecule has 2 aromatic heterocycles. The van der Waals surface area contributed by atoms with E-state index in [-0.39, 0.29) is 12.0 Å². The summed E-state index contributed by atoms with van der Waals surface area (Å²) in [6.45, 7) is 10.4. The van der Waals surface area contributed by atoms with Crippen LogP contribution in [-0.4, -0.2) is 52.5 Å².